The predicted molar refractivity (Wildman–Crippen MR) is 21.3 cm³/mol. The lowest BCUT2D eigenvalue weighted by molar-refractivity contribution is -0.136. The second kappa shape index (κ2) is 2.66. The molecule has 0 aromatic rings. The molecule has 0 saturated carbocycles. The second-order valence-corrected chi connectivity index (χ2v) is 0.932. The van der Waals surface area contributed by atoms with E-state index in [9.17, 15) is 4.79 Å². The Labute approximate surface area is 35.8 Å². The fourth-order valence-corrected chi connectivity index (χ4v) is 0.123. The first kappa shape index (κ1) is 5.43. The van der Waals surface area contributed by atoms with E-state index in [0.717, 1.165) is 0 Å². The Hall–Kier alpha value is -0.570. The summed E-state index contributed by atoms with van der Waals surface area (Å²) in [6.45, 7) is 0.231. The van der Waals surface area contributed by atoms with Gasteiger partial charge < -0.3 is 10.8 Å². The van der Waals surface area contributed by atoms with Crippen LogP contribution in [0.25, 0.3) is 0 Å². The zero-order valence-corrected chi connectivity index (χ0v) is 3.35. The second-order valence-electron chi connectivity index (χ2n) is 0.932. The van der Waals surface area contributed by atoms with Crippen molar-refractivity contribution in [2.75, 3.05) is 6.54 Å². The largest absolute Gasteiger partial charge is 0.481 e. The van der Waals surface area contributed by atoms with E-state index in [4.69, 9.17) is 10.8 Å². The minimum absolute atomic E-state index is 0.0694. The van der Waals surface area contributed by atoms with Gasteiger partial charge in [-0.3, -0.25) is 4.79 Å². The molecule has 0 spiro atoms. The number of nitrogens with two attached hydrogens (primary N) is 1. The molecule has 3 nitrogen and oxygen atoms in total. The van der Waals surface area contributed by atoms with Gasteiger partial charge in [-0.15, -0.1) is 0 Å². The normalized spacial score (nSPS) is 8.17. The summed E-state index contributed by atoms with van der Waals surface area (Å²) in [4.78, 5) is 9.52. The maximum Gasteiger partial charge on any atom is 0.304 e. The van der Waals surface area contributed by atoms with Crippen LogP contribution in [0, 0.1) is 0 Å². The predicted octanol–water partition coefficient (Wildman–Crippen LogP) is -0.580. The van der Waals surface area contributed by atoms with Crippen molar-refractivity contribution in [2.45, 2.75) is 6.42 Å². The third kappa shape index (κ3) is 3.43. The van der Waals surface area contributed by atoms with Crippen molar-refractivity contribution in [2.24, 2.45) is 5.73 Å². The summed E-state index contributed by atoms with van der Waals surface area (Å²) in [6.07, 6.45) is 0.0694. The summed E-state index contributed by atoms with van der Waals surface area (Å²) in [5.41, 5.74) is 4.85. The molecule has 0 aromatic heterocycles. The first-order chi connectivity index (χ1) is 2.77. The molecule has 6 heavy (non-hydrogen) atoms. The van der Waals surface area contributed by atoms with Crippen LogP contribution in [0.15, 0.2) is 0 Å². The highest BCUT2D eigenvalue weighted by molar-refractivity contribution is 5.66. The Morgan fingerprint density at radius 3 is 2.50 bits per heavy atom. The maximum absolute atomic E-state index is 9.52. The first-order valence-electron chi connectivity index (χ1n) is 1.69. The van der Waals surface area contributed by atoms with Gasteiger partial charge in [-0.2, -0.15) is 0 Å². The number of carbonyl (C=O) groups is 1. The number of hydrogen-bond acceptors (Lipinski definition) is 2. The van der Waals surface area contributed by atoms with Gasteiger partial charge in [0.2, 0.25) is 0 Å². The topological polar surface area (TPSA) is 63.3 Å². The molecule has 0 atom stereocenters. The quantitative estimate of drug-likeness (QED) is 0.478. The number of aliphatic carboxylic acids is 1. The fraction of sp³-hybridized carbons (Fsp3) is 0.667. The van der Waals surface area contributed by atoms with Gasteiger partial charge in [0.25, 0.3) is 0 Å². The van der Waals surface area contributed by atoms with E-state index < -0.39 is 5.97 Å². The summed E-state index contributed by atoms with van der Waals surface area (Å²) in [7, 11) is 0. The Morgan fingerprint density at radius 2 is 2.50 bits per heavy atom. The summed E-state index contributed by atoms with van der Waals surface area (Å²) in [5, 5.41) is 7.83. The maximum atomic E-state index is 9.52. The third-order valence-corrected chi connectivity index (χ3v) is 0.358. The molecule has 0 saturated heterocycles. The molecule has 0 aliphatic heterocycles. The van der Waals surface area contributed by atoms with Crippen LogP contribution in [0.2, 0.25) is 0 Å². The monoisotopic (exact) mass is 91.1 g/mol. The zero-order valence-electron chi connectivity index (χ0n) is 3.35. The third-order valence-electron chi connectivity index (χ3n) is 0.358. The summed E-state index contributed by atoms with van der Waals surface area (Å²) < 4.78 is 0. The van der Waals surface area contributed by atoms with Gasteiger partial charge in [0, 0.05) is 6.54 Å². The van der Waals surface area contributed by atoms with Gasteiger partial charge in [0.1, 0.15) is 0 Å². The molecule has 0 aliphatic carbocycles. The van der Waals surface area contributed by atoms with E-state index in [1.165, 1.54) is 0 Å². The Morgan fingerprint density at radius 1 is 2.00 bits per heavy atom. The van der Waals surface area contributed by atoms with Gasteiger partial charge in [-0.25, -0.2) is 0 Å². The van der Waals surface area contributed by atoms with E-state index in [0.29, 0.717) is 0 Å². The van der Waals surface area contributed by atoms with Crippen LogP contribution in [0.5, 0.6) is 0 Å². The smallest absolute Gasteiger partial charge is 0.304 e. The number of carboxylic acid groups (broad SMARTS) is 1. The lowest BCUT2D eigenvalue weighted by Crippen LogP contribution is -2.05. The fourth-order valence-electron chi connectivity index (χ4n) is 0.123. The van der Waals surface area contributed by atoms with Crippen LogP contribution in [-0.4, -0.2) is 17.6 Å². The Balaban J connectivity index is 2.83. The molecule has 3 N–H and O–H groups in total. The summed E-state index contributed by atoms with van der Waals surface area (Å²) >= 11 is 0. The highest BCUT2D eigenvalue weighted by Gasteiger charge is 1.87. The van der Waals surface area contributed by atoms with Crippen molar-refractivity contribution >= 4 is 5.97 Å². The van der Waals surface area contributed by atoms with Crippen LogP contribution in [0.1, 0.15) is 6.42 Å². The van der Waals surface area contributed by atoms with Crippen LogP contribution < -0.4 is 5.73 Å². The van der Waals surface area contributed by atoms with Crippen LogP contribution in [0.3, 0.4) is 0 Å². The van der Waals surface area contributed by atoms with Gasteiger partial charge in [-0.1, -0.05) is 0 Å². The molecular weight excluding hydrogens is 84.0 g/mol. The first-order valence-corrected chi connectivity index (χ1v) is 1.69. The van der Waals surface area contributed by atoms with E-state index in [1.54, 1.807) is 0 Å². The molecule has 0 radical (unpaired) electrons. The van der Waals surface area contributed by atoms with Crippen molar-refractivity contribution in [1.29, 1.82) is 0 Å². The SMILES string of the molecule is NC[14CH2]C(=O)O. The van der Waals surface area contributed by atoms with Gasteiger partial charge in [-0.05, 0) is 0 Å². The molecule has 36 valence electrons. The van der Waals surface area contributed by atoms with Gasteiger partial charge in [0.05, 0.1) is 6.42 Å². The van der Waals surface area contributed by atoms with Crippen LogP contribution in [-0.2, 0) is 4.79 Å². The molecule has 3 heteroatoms. The lowest BCUT2D eigenvalue weighted by atomic mass is 11.0. The van der Waals surface area contributed by atoms with Crippen LogP contribution in [0.4, 0.5) is 0 Å². The van der Waals surface area contributed by atoms with E-state index in [2.05, 4.69) is 0 Å². The molecule has 0 aromatic carbocycles. The Bertz CT molecular complexity index is 52.8. The molecule has 0 rings (SSSR count). The molecule has 0 bridgehead atoms. The van der Waals surface area contributed by atoms with Crippen molar-refractivity contribution in [3.05, 3.63) is 0 Å². The minimum Gasteiger partial charge on any atom is -0.481 e. The molecular formula is C3H7NO2. The molecule has 0 fully saturated rings. The van der Waals surface area contributed by atoms with E-state index in [1.807, 2.05) is 0 Å². The standard InChI is InChI=1S/C3H7NO2/c4-2-1-3(5)6/h1-2,4H2,(H,5,6)/i1+2. The molecule has 0 heterocycles. The van der Waals surface area contributed by atoms with Crippen LogP contribution >= 0.6 is 0 Å². The average Bonchev–Trinajstić information content (AvgIpc) is 1.35. The van der Waals surface area contributed by atoms with E-state index >= 15 is 0 Å². The summed E-state index contributed by atoms with van der Waals surface area (Å²) in [5.74, 6) is -0.836. The van der Waals surface area contributed by atoms with Crippen molar-refractivity contribution in [3.8, 4) is 0 Å². The number of carboxylic acids is 1. The number of hydrogen-bond donors (Lipinski definition) is 2. The highest BCUT2D eigenvalue weighted by atomic mass is 16.4. The molecule has 0 amide bonds. The van der Waals surface area contributed by atoms with Gasteiger partial charge >= 0.3 is 5.97 Å². The number of rotatable bonds is 2. The highest BCUT2D eigenvalue weighted by Crippen LogP contribution is 1.67. The van der Waals surface area contributed by atoms with Crippen molar-refractivity contribution < 1.29 is 9.90 Å². The van der Waals surface area contributed by atoms with Crippen molar-refractivity contribution in [1.82, 2.24) is 0 Å². The minimum atomic E-state index is -0.836. The lowest BCUT2D eigenvalue weighted by Gasteiger charge is -1.80. The zero-order chi connectivity index (χ0) is 4.99. The summed E-state index contributed by atoms with van der Waals surface area (Å²) in [6, 6.07) is 0. The molecule has 0 unspecified atom stereocenters. The molecule has 0 aliphatic rings. The average molecular weight is 91.1 g/mol. The van der Waals surface area contributed by atoms with Gasteiger partial charge in [0.15, 0.2) is 0 Å². The Kier molecular flexibility index (Phi) is 2.40. The van der Waals surface area contributed by atoms with Crippen molar-refractivity contribution in [3.63, 3.8) is 0 Å². The van der Waals surface area contributed by atoms with E-state index in [-0.39, 0.29) is 13.0 Å².